The first-order chi connectivity index (χ1) is 15.8. The lowest BCUT2D eigenvalue weighted by Crippen LogP contribution is -2.48. The van der Waals surface area contributed by atoms with Crippen LogP contribution in [-0.4, -0.2) is 55.9 Å². The second kappa shape index (κ2) is 7.44. The fourth-order valence-corrected chi connectivity index (χ4v) is 5.89. The molecular formula is C21H24F3N7OS. The van der Waals surface area contributed by atoms with Crippen LogP contribution in [0.15, 0.2) is 18.5 Å². The first kappa shape index (κ1) is 20.9. The predicted octanol–water partition coefficient (Wildman–Crippen LogP) is 3.94. The van der Waals surface area contributed by atoms with Crippen molar-refractivity contribution in [3.05, 3.63) is 24.2 Å². The Labute approximate surface area is 192 Å². The minimum atomic E-state index is -4.27. The maximum atomic E-state index is 13.2. The largest absolute Gasteiger partial charge is 0.474 e. The Kier molecular flexibility index (Phi) is 4.72. The van der Waals surface area contributed by atoms with Crippen molar-refractivity contribution in [2.75, 3.05) is 29.9 Å². The summed E-state index contributed by atoms with van der Waals surface area (Å²) >= 11 is 1.55. The molecule has 0 unspecified atom stereocenters. The number of anilines is 2. The summed E-state index contributed by atoms with van der Waals surface area (Å²) in [5.74, 6) is 1.46. The third-order valence-electron chi connectivity index (χ3n) is 7.22. The van der Waals surface area contributed by atoms with Gasteiger partial charge in [-0.1, -0.05) is 0 Å². The second-order valence-electron chi connectivity index (χ2n) is 9.48. The molecule has 6 rings (SSSR count). The van der Waals surface area contributed by atoms with Gasteiger partial charge in [0.15, 0.2) is 0 Å². The molecule has 0 spiro atoms. The van der Waals surface area contributed by atoms with Crippen LogP contribution in [0.3, 0.4) is 0 Å². The Balaban J connectivity index is 1.17. The van der Waals surface area contributed by atoms with Crippen molar-refractivity contribution in [3.63, 3.8) is 0 Å². The van der Waals surface area contributed by atoms with Gasteiger partial charge in [-0.3, -0.25) is 0 Å². The fourth-order valence-electron chi connectivity index (χ4n) is 5.11. The molecule has 0 amide bonds. The molecule has 1 aliphatic heterocycles. The molecule has 0 radical (unpaired) electrons. The van der Waals surface area contributed by atoms with Crippen molar-refractivity contribution < 1.29 is 17.9 Å². The molecule has 3 aromatic rings. The highest BCUT2D eigenvalue weighted by Crippen LogP contribution is 2.57. The molecule has 3 atom stereocenters. The average Bonchev–Trinajstić information content (AvgIpc) is 3.20. The van der Waals surface area contributed by atoms with Crippen LogP contribution >= 0.6 is 11.5 Å². The van der Waals surface area contributed by atoms with Crippen molar-refractivity contribution in [1.82, 2.24) is 24.0 Å². The molecular weight excluding hydrogens is 455 g/mol. The highest BCUT2D eigenvalue weighted by molar-refractivity contribution is 7.10. The highest BCUT2D eigenvalue weighted by Gasteiger charge is 2.64. The van der Waals surface area contributed by atoms with Crippen LogP contribution in [0, 0.1) is 24.2 Å². The van der Waals surface area contributed by atoms with Gasteiger partial charge in [-0.2, -0.15) is 22.5 Å². The summed E-state index contributed by atoms with van der Waals surface area (Å²) in [6, 6.07) is 2.39. The number of aromatic nitrogens is 5. The van der Waals surface area contributed by atoms with Crippen LogP contribution < -0.4 is 15.0 Å². The number of fused-ring (bicyclic) bond motifs is 3. The molecule has 4 heterocycles. The summed E-state index contributed by atoms with van der Waals surface area (Å²) in [6.45, 7) is 3.48. The molecule has 8 nitrogen and oxygen atoms in total. The van der Waals surface area contributed by atoms with Gasteiger partial charge in [-0.25, -0.2) is 9.50 Å². The van der Waals surface area contributed by atoms with Crippen molar-refractivity contribution in [1.29, 1.82) is 0 Å². The molecule has 3 fully saturated rings. The lowest BCUT2D eigenvalue weighted by Gasteiger charge is -2.38. The van der Waals surface area contributed by atoms with Gasteiger partial charge in [-0.05, 0) is 62.0 Å². The number of nitrogens with zero attached hydrogens (tertiary/aromatic N) is 6. The highest BCUT2D eigenvalue weighted by atomic mass is 32.1. The molecule has 3 aliphatic rings. The lowest BCUT2D eigenvalue weighted by molar-refractivity contribution is -0.194. The van der Waals surface area contributed by atoms with Gasteiger partial charge in [0.1, 0.15) is 17.0 Å². The van der Waals surface area contributed by atoms with E-state index in [1.165, 1.54) is 15.7 Å². The van der Waals surface area contributed by atoms with E-state index in [2.05, 4.69) is 35.7 Å². The quantitative estimate of drug-likeness (QED) is 0.574. The third-order valence-corrected chi connectivity index (χ3v) is 8.16. The van der Waals surface area contributed by atoms with Crippen LogP contribution in [0.5, 0.6) is 5.88 Å². The van der Waals surface area contributed by atoms with Gasteiger partial charge < -0.3 is 15.0 Å². The molecule has 2 saturated carbocycles. The number of rotatable bonds is 6. The van der Waals surface area contributed by atoms with Crippen molar-refractivity contribution in [2.24, 2.45) is 17.3 Å². The number of nitrogens with one attached hydrogen (secondary N) is 1. The standard InChI is InChI=1S/C21H24F3N7OS/c1-12-8-15(33-29-12)30-9-13-2-3-14(10-30)16(13)26-19-27-17-18(25-6-7-31(17)28-19)32-11-20(4-5-20)21(22,23)24/h6-8,13-14,16H,2-5,9-11H2,1H3,(H,26,28)/t13-,14+,16-. The molecule has 2 bridgehead atoms. The number of halogens is 3. The van der Waals surface area contributed by atoms with E-state index >= 15 is 0 Å². The molecule has 2 aliphatic carbocycles. The Morgan fingerprint density at radius 3 is 2.64 bits per heavy atom. The molecule has 1 N–H and O–H groups in total. The van der Waals surface area contributed by atoms with Crippen molar-refractivity contribution >= 4 is 28.1 Å². The van der Waals surface area contributed by atoms with Gasteiger partial charge >= 0.3 is 6.18 Å². The van der Waals surface area contributed by atoms with E-state index in [-0.39, 0.29) is 24.8 Å². The molecule has 176 valence electrons. The predicted molar refractivity (Wildman–Crippen MR) is 117 cm³/mol. The lowest BCUT2D eigenvalue weighted by atomic mass is 9.92. The van der Waals surface area contributed by atoms with Crippen molar-refractivity contribution in [3.8, 4) is 5.88 Å². The zero-order valence-corrected chi connectivity index (χ0v) is 18.9. The molecule has 33 heavy (non-hydrogen) atoms. The van der Waals surface area contributed by atoms with Gasteiger partial charge in [0.05, 0.1) is 5.69 Å². The Morgan fingerprint density at radius 1 is 1.24 bits per heavy atom. The maximum Gasteiger partial charge on any atom is 0.397 e. The molecule has 0 aromatic carbocycles. The minimum absolute atomic E-state index is 0.0759. The number of ether oxygens (including phenoxy) is 1. The van der Waals surface area contributed by atoms with Crippen LogP contribution in [0.4, 0.5) is 24.1 Å². The third kappa shape index (κ3) is 3.68. The zero-order chi connectivity index (χ0) is 22.8. The zero-order valence-electron chi connectivity index (χ0n) is 18.0. The maximum absolute atomic E-state index is 13.2. The van der Waals surface area contributed by atoms with Crippen LogP contribution in [0.2, 0.25) is 0 Å². The Bertz CT molecular complexity index is 1160. The van der Waals surface area contributed by atoms with E-state index in [4.69, 9.17) is 4.74 Å². The fraction of sp³-hybridized carbons (Fsp3) is 0.619. The summed E-state index contributed by atoms with van der Waals surface area (Å²) in [5.41, 5.74) is -0.388. The van der Waals surface area contributed by atoms with E-state index in [9.17, 15) is 13.2 Å². The van der Waals surface area contributed by atoms with E-state index < -0.39 is 18.2 Å². The topological polar surface area (TPSA) is 80.5 Å². The van der Waals surface area contributed by atoms with Crippen LogP contribution in [0.25, 0.3) is 5.65 Å². The number of hydrogen-bond donors (Lipinski definition) is 1. The van der Waals surface area contributed by atoms with Crippen molar-refractivity contribution in [2.45, 2.75) is 44.8 Å². The number of piperidine rings is 1. The molecule has 3 aromatic heterocycles. The van der Waals surface area contributed by atoms with Crippen LogP contribution in [-0.2, 0) is 0 Å². The number of hydrogen-bond acceptors (Lipinski definition) is 8. The Morgan fingerprint density at radius 2 is 2.00 bits per heavy atom. The summed E-state index contributed by atoms with van der Waals surface area (Å²) in [7, 11) is 0. The smallest absolute Gasteiger partial charge is 0.397 e. The van der Waals surface area contributed by atoms with Gasteiger partial charge in [0.2, 0.25) is 11.6 Å². The van der Waals surface area contributed by atoms with E-state index in [0.29, 0.717) is 23.4 Å². The molecule has 12 heteroatoms. The van der Waals surface area contributed by atoms with Gasteiger partial charge in [-0.15, -0.1) is 5.10 Å². The summed E-state index contributed by atoms with van der Waals surface area (Å²) < 4.78 is 51.2. The summed E-state index contributed by atoms with van der Waals surface area (Å²) in [6.07, 6.45) is 1.26. The summed E-state index contributed by atoms with van der Waals surface area (Å²) in [4.78, 5) is 11.1. The Hall–Kier alpha value is -2.63. The van der Waals surface area contributed by atoms with Gasteiger partial charge in [0.25, 0.3) is 5.88 Å². The first-order valence-corrected chi connectivity index (χ1v) is 11.9. The SMILES string of the molecule is Cc1cc(N2C[C@H]3CC[C@@H](C2)[C@@H]3Nc2nc3c(OCC4(C(F)(F)F)CC4)nccn3n2)sn1. The summed E-state index contributed by atoms with van der Waals surface area (Å²) in [5, 5.41) is 9.20. The number of alkyl halides is 3. The normalized spacial score (nSPS) is 26.1. The van der Waals surface area contributed by atoms with E-state index in [0.717, 1.165) is 31.6 Å². The second-order valence-corrected chi connectivity index (χ2v) is 10.3. The monoisotopic (exact) mass is 479 g/mol. The molecule has 1 saturated heterocycles. The minimum Gasteiger partial charge on any atom is -0.474 e. The van der Waals surface area contributed by atoms with Gasteiger partial charge in [0, 0.05) is 31.5 Å². The van der Waals surface area contributed by atoms with Crippen LogP contribution in [0.1, 0.15) is 31.4 Å². The first-order valence-electron chi connectivity index (χ1n) is 11.2. The van der Waals surface area contributed by atoms with E-state index in [1.54, 1.807) is 17.7 Å². The number of aryl methyl sites for hydroxylation is 1. The van der Waals surface area contributed by atoms with E-state index in [1.807, 2.05) is 6.92 Å². The average molecular weight is 480 g/mol.